The normalized spacial score (nSPS) is 14.9. The fraction of sp³-hybridized carbons (Fsp3) is 0.474. The molecule has 0 unspecified atom stereocenters. The first kappa shape index (κ1) is 17.3. The van der Waals surface area contributed by atoms with E-state index in [0.29, 0.717) is 5.82 Å². The van der Waals surface area contributed by atoms with E-state index in [0.717, 1.165) is 44.5 Å². The molecule has 0 atom stereocenters. The second-order valence-corrected chi connectivity index (χ2v) is 6.63. The summed E-state index contributed by atoms with van der Waals surface area (Å²) in [4.78, 5) is 18.3. The zero-order valence-corrected chi connectivity index (χ0v) is 14.7. The minimum Gasteiger partial charge on any atom is -0.358 e. The van der Waals surface area contributed by atoms with Crippen LogP contribution in [0.3, 0.4) is 0 Å². The summed E-state index contributed by atoms with van der Waals surface area (Å²) in [5.41, 5.74) is 1.24. The number of anilines is 2. The van der Waals surface area contributed by atoms with Crippen molar-refractivity contribution >= 4 is 17.5 Å². The van der Waals surface area contributed by atoms with Crippen LogP contribution in [-0.2, 0) is 11.2 Å². The maximum Gasteiger partial charge on any atom is 0.228 e. The van der Waals surface area contributed by atoms with Crippen molar-refractivity contribution in [3.63, 3.8) is 0 Å². The third-order valence-electron chi connectivity index (χ3n) is 4.75. The molecule has 0 aliphatic heterocycles. The Bertz CT molecular complexity index is 668. The van der Waals surface area contributed by atoms with Gasteiger partial charge >= 0.3 is 0 Å². The molecule has 25 heavy (non-hydrogen) atoms. The average molecular weight is 339 g/mol. The molecule has 1 aliphatic carbocycles. The molecule has 1 amide bonds. The Morgan fingerprint density at radius 3 is 2.56 bits per heavy atom. The molecule has 1 N–H and O–H groups in total. The van der Waals surface area contributed by atoms with Crippen LogP contribution in [0.4, 0.5) is 11.6 Å². The minimum absolute atomic E-state index is 0.0767. The van der Waals surface area contributed by atoms with E-state index in [4.69, 9.17) is 0 Å². The fourth-order valence-electron chi connectivity index (χ4n) is 3.15. The molecule has 2 aromatic rings. The number of carbonyl (C=O) groups excluding carboxylic acids is 1. The number of nitrogens with zero attached hydrogens (tertiary/aromatic N) is 4. The van der Waals surface area contributed by atoms with Gasteiger partial charge in [-0.25, -0.2) is 0 Å². The number of likely N-dealkylation sites (N-methyl/N-ethyl adjacent to an activating group) is 1. The van der Waals surface area contributed by atoms with E-state index < -0.39 is 0 Å². The van der Waals surface area contributed by atoms with Gasteiger partial charge in [-0.1, -0.05) is 19.3 Å². The lowest BCUT2D eigenvalue weighted by Crippen LogP contribution is -2.26. The molecule has 0 radical (unpaired) electrons. The maximum absolute atomic E-state index is 12.3. The molecule has 0 bridgehead atoms. The number of pyridine rings is 1. The van der Waals surface area contributed by atoms with E-state index in [1.807, 2.05) is 31.3 Å². The molecular formula is C19H25N5O. The van der Waals surface area contributed by atoms with Crippen molar-refractivity contribution in [3.8, 4) is 0 Å². The van der Waals surface area contributed by atoms with E-state index in [1.54, 1.807) is 12.4 Å². The highest BCUT2D eigenvalue weighted by Gasteiger charge is 2.21. The van der Waals surface area contributed by atoms with Gasteiger partial charge in [0.1, 0.15) is 0 Å². The lowest BCUT2D eigenvalue weighted by atomic mass is 9.89. The molecule has 0 spiro atoms. The molecule has 2 aromatic heterocycles. The molecule has 6 nitrogen and oxygen atoms in total. The van der Waals surface area contributed by atoms with Crippen LogP contribution in [0.15, 0.2) is 36.7 Å². The van der Waals surface area contributed by atoms with Crippen molar-refractivity contribution < 1.29 is 4.79 Å². The monoisotopic (exact) mass is 339 g/mol. The Balaban J connectivity index is 1.51. The largest absolute Gasteiger partial charge is 0.358 e. The molecule has 2 heterocycles. The Morgan fingerprint density at radius 2 is 1.88 bits per heavy atom. The highest BCUT2D eigenvalue weighted by Crippen LogP contribution is 2.24. The number of rotatable bonds is 6. The van der Waals surface area contributed by atoms with Gasteiger partial charge in [0.05, 0.1) is 0 Å². The molecular weight excluding hydrogens is 314 g/mol. The summed E-state index contributed by atoms with van der Waals surface area (Å²) in [6.07, 6.45) is 10.0. The Morgan fingerprint density at radius 1 is 1.12 bits per heavy atom. The average Bonchev–Trinajstić information content (AvgIpc) is 2.68. The van der Waals surface area contributed by atoms with Crippen LogP contribution in [0.1, 0.15) is 37.7 Å². The first-order chi connectivity index (χ1) is 12.2. The summed E-state index contributed by atoms with van der Waals surface area (Å²) < 4.78 is 0. The van der Waals surface area contributed by atoms with Crippen LogP contribution >= 0.6 is 0 Å². The summed E-state index contributed by atoms with van der Waals surface area (Å²) in [5, 5.41) is 11.3. The first-order valence-corrected chi connectivity index (χ1v) is 8.97. The van der Waals surface area contributed by atoms with Gasteiger partial charge in [0, 0.05) is 31.9 Å². The van der Waals surface area contributed by atoms with Crippen molar-refractivity contribution in [3.05, 3.63) is 42.2 Å². The van der Waals surface area contributed by atoms with Gasteiger partial charge in [-0.15, -0.1) is 10.2 Å². The van der Waals surface area contributed by atoms with Gasteiger partial charge in [-0.05, 0) is 49.1 Å². The number of carbonyl (C=O) groups is 1. The standard InChI is InChI=1S/C19H25N5O/c1-24(14-11-15-9-12-20-13-10-15)18-8-7-17(22-23-18)21-19(25)16-5-3-2-4-6-16/h7-10,12-13,16H,2-6,11,14H2,1H3,(H,21,22,25). The first-order valence-electron chi connectivity index (χ1n) is 8.97. The van der Waals surface area contributed by atoms with Gasteiger partial charge in [0.2, 0.25) is 5.91 Å². The number of hydrogen-bond acceptors (Lipinski definition) is 5. The highest BCUT2D eigenvalue weighted by atomic mass is 16.1. The molecule has 1 saturated carbocycles. The minimum atomic E-state index is 0.0767. The third-order valence-corrected chi connectivity index (χ3v) is 4.75. The molecule has 0 saturated heterocycles. The van der Waals surface area contributed by atoms with Crippen LogP contribution in [-0.4, -0.2) is 34.7 Å². The number of hydrogen-bond donors (Lipinski definition) is 1. The zero-order valence-electron chi connectivity index (χ0n) is 14.7. The number of amides is 1. The number of aromatic nitrogens is 3. The van der Waals surface area contributed by atoms with E-state index in [2.05, 4.69) is 25.4 Å². The Kier molecular flexibility index (Phi) is 5.93. The van der Waals surface area contributed by atoms with Crippen molar-refractivity contribution in [1.29, 1.82) is 0 Å². The van der Waals surface area contributed by atoms with Crippen LogP contribution in [0.2, 0.25) is 0 Å². The lowest BCUT2D eigenvalue weighted by Gasteiger charge is -2.20. The second-order valence-electron chi connectivity index (χ2n) is 6.63. The molecule has 1 aliphatic rings. The lowest BCUT2D eigenvalue weighted by molar-refractivity contribution is -0.120. The predicted molar refractivity (Wildman–Crippen MR) is 98.4 cm³/mol. The SMILES string of the molecule is CN(CCc1ccncc1)c1ccc(NC(=O)C2CCCCC2)nn1. The van der Waals surface area contributed by atoms with E-state index >= 15 is 0 Å². The quantitative estimate of drug-likeness (QED) is 0.876. The summed E-state index contributed by atoms with van der Waals surface area (Å²) in [5.74, 6) is 1.53. The topological polar surface area (TPSA) is 71.0 Å². The van der Waals surface area contributed by atoms with Crippen LogP contribution in [0.25, 0.3) is 0 Å². The number of nitrogens with one attached hydrogen (secondary N) is 1. The summed E-state index contributed by atoms with van der Waals surface area (Å²) in [7, 11) is 1.99. The Hall–Kier alpha value is -2.50. The third kappa shape index (κ3) is 4.98. The van der Waals surface area contributed by atoms with E-state index in [9.17, 15) is 4.79 Å². The molecule has 3 rings (SSSR count). The van der Waals surface area contributed by atoms with Gasteiger partial charge in [-0.3, -0.25) is 9.78 Å². The van der Waals surface area contributed by atoms with Crippen molar-refractivity contribution in [2.45, 2.75) is 38.5 Å². The molecule has 1 fully saturated rings. The molecule has 132 valence electrons. The van der Waals surface area contributed by atoms with Crippen molar-refractivity contribution in [1.82, 2.24) is 15.2 Å². The smallest absolute Gasteiger partial charge is 0.228 e. The predicted octanol–water partition coefficient (Wildman–Crippen LogP) is 3.07. The zero-order chi connectivity index (χ0) is 17.5. The van der Waals surface area contributed by atoms with Gasteiger partial charge in [-0.2, -0.15) is 0 Å². The summed E-state index contributed by atoms with van der Waals surface area (Å²) in [6, 6.07) is 7.76. The van der Waals surface area contributed by atoms with Gasteiger partial charge < -0.3 is 10.2 Å². The summed E-state index contributed by atoms with van der Waals surface area (Å²) >= 11 is 0. The molecule has 0 aromatic carbocycles. The second kappa shape index (κ2) is 8.55. The molecule has 6 heteroatoms. The van der Waals surface area contributed by atoms with E-state index in [1.165, 1.54) is 12.0 Å². The van der Waals surface area contributed by atoms with Crippen molar-refractivity contribution in [2.75, 3.05) is 23.8 Å². The Labute approximate surface area is 148 Å². The highest BCUT2D eigenvalue weighted by molar-refractivity contribution is 5.91. The van der Waals surface area contributed by atoms with Gasteiger partial charge in [0.25, 0.3) is 0 Å². The summed E-state index contributed by atoms with van der Waals surface area (Å²) in [6.45, 7) is 0.840. The van der Waals surface area contributed by atoms with E-state index in [-0.39, 0.29) is 11.8 Å². The van der Waals surface area contributed by atoms with Crippen LogP contribution < -0.4 is 10.2 Å². The van der Waals surface area contributed by atoms with Gasteiger partial charge in [0.15, 0.2) is 11.6 Å². The van der Waals surface area contributed by atoms with Crippen LogP contribution in [0, 0.1) is 5.92 Å². The van der Waals surface area contributed by atoms with Crippen molar-refractivity contribution in [2.24, 2.45) is 5.92 Å². The maximum atomic E-state index is 12.3. The van der Waals surface area contributed by atoms with Crippen LogP contribution in [0.5, 0.6) is 0 Å². The fourth-order valence-corrected chi connectivity index (χ4v) is 3.15.